The summed E-state index contributed by atoms with van der Waals surface area (Å²) in [5.74, 6) is 0.230. The number of carbonyl (C=O) groups is 1. The van der Waals surface area contributed by atoms with E-state index in [-0.39, 0.29) is 5.91 Å². The molecule has 0 unspecified atom stereocenters. The molecule has 3 rings (SSSR count). The summed E-state index contributed by atoms with van der Waals surface area (Å²) in [6.45, 7) is 1.58. The molecule has 0 saturated heterocycles. The van der Waals surface area contributed by atoms with Gasteiger partial charge in [-0.1, -0.05) is 0 Å². The number of benzene rings is 2. The van der Waals surface area contributed by atoms with Gasteiger partial charge in [0.05, 0.1) is 0 Å². The summed E-state index contributed by atoms with van der Waals surface area (Å²) in [6.07, 6.45) is 3.04. The Balaban J connectivity index is 1.49. The number of hydrogen-bond acceptors (Lipinski definition) is 1. The number of nitrogens with zero attached hydrogens (tertiary/aromatic N) is 1. The monoisotopic (exact) mass is 357 g/mol. The van der Waals surface area contributed by atoms with Gasteiger partial charge in [-0.05, 0) is 0 Å². The van der Waals surface area contributed by atoms with Gasteiger partial charge in [-0.25, -0.2) is 0 Å². The van der Waals surface area contributed by atoms with E-state index >= 15 is 0 Å². The Bertz CT molecular complexity index is 652. The van der Waals surface area contributed by atoms with Crippen LogP contribution in [0.2, 0.25) is 5.32 Å². The second-order valence-electron chi connectivity index (χ2n) is 5.32. The predicted molar refractivity (Wildman–Crippen MR) is 91.4 cm³/mol. The SMILES string of the molecule is O=C1C(C[Se]c2ccccc2)=CCN1CCc1ccccc1. The molecule has 0 N–H and O–H groups in total. The van der Waals surface area contributed by atoms with E-state index in [9.17, 15) is 4.79 Å². The van der Waals surface area contributed by atoms with E-state index in [1.54, 1.807) is 0 Å². The molecule has 0 atom stereocenters. The average molecular weight is 356 g/mol. The average Bonchev–Trinajstić information content (AvgIpc) is 2.93. The van der Waals surface area contributed by atoms with Gasteiger partial charge < -0.3 is 0 Å². The molecule has 112 valence electrons. The van der Waals surface area contributed by atoms with Gasteiger partial charge in [0.1, 0.15) is 0 Å². The molecule has 0 saturated carbocycles. The fraction of sp³-hybridized carbons (Fsp3) is 0.211. The van der Waals surface area contributed by atoms with E-state index < -0.39 is 0 Å². The number of rotatable bonds is 6. The topological polar surface area (TPSA) is 20.3 Å². The molecule has 3 heteroatoms. The maximum atomic E-state index is 12.4. The summed E-state index contributed by atoms with van der Waals surface area (Å²) < 4.78 is 1.35. The molecule has 0 aliphatic carbocycles. The molecule has 0 bridgehead atoms. The standard InChI is InChI=1S/C19H19NOSe/c21-19-17(15-22-18-9-5-2-6-10-18)12-14-20(19)13-11-16-7-3-1-4-8-16/h1-10,12H,11,13-15H2. The molecule has 2 aromatic rings. The number of hydrogen-bond donors (Lipinski definition) is 0. The third-order valence-electron chi connectivity index (χ3n) is 3.77. The van der Waals surface area contributed by atoms with Gasteiger partial charge in [0.25, 0.3) is 0 Å². The first-order valence-electron chi connectivity index (χ1n) is 7.53. The molecule has 1 aliphatic heterocycles. The van der Waals surface area contributed by atoms with Crippen molar-refractivity contribution < 1.29 is 4.79 Å². The molecular formula is C19H19NOSe. The van der Waals surface area contributed by atoms with Crippen molar-refractivity contribution in [3.05, 3.63) is 77.9 Å². The van der Waals surface area contributed by atoms with E-state index in [1.165, 1.54) is 10.0 Å². The molecule has 0 radical (unpaired) electrons. The van der Waals surface area contributed by atoms with E-state index in [1.807, 2.05) is 29.2 Å². The van der Waals surface area contributed by atoms with Gasteiger partial charge in [-0.15, -0.1) is 0 Å². The van der Waals surface area contributed by atoms with E-state index in [4.69, 9.17) is 0 Å². The van der Waals surface area contributed by atoms with Gasteiger partial charge in [-0.2, -0.15) is 0 Å². The van der Waals surface area contributed by atoms with Gasteiger partial charge in [0.2, 0.25) is 0 Å². The van der Waals surface area contributed by atoms with Crippen LogP contribution >= 0.6 is 0 Å². The second kappa shape index (κ2) is 7.44. The molecule has 2 aromatic carbocycles. The molecule has 22 heavy (non-hydrogen) atoms. The summed E-state index contributed by atoms with van der Waals surface area (Å²) in [5.41, 5.74) is 2.29. The Morgan fingerprint density at radius 2 is 1.64 bits per heavy atom. The number of carbonyl (C=O) groups excluding carboxylic acids is 1. The zero-order valence-electron chi connectivity index (χ0n) is 12.4. The van der Waals surface area contributed by atoms with Crippen molar-refractivity contribution in [3.8, 4) is 0 Å². The summed E-state index contributed by atoms with van der Waals surface area (Å²) >= 11 is 0.345. The van der Waals surface area contributed by atoms with Crippen molar-refractivity contribution in [2.75, 3.05) is 13.1 Å². The third kappa shape index (κ3) is 3.88. The van der Waals surface area contributed by atoms with Crippen LogP contribution < -0.4 is 4.46 Å². The first-order valence-corrected chi connectivity index (χ1v) is 9.60. The van der Waals surface area contributed by atoms with Crippen molar-refractivity contribution in [2.24, 2.45) is 0 Å². The first-order chi connectivity index (χ1) is 10.8. The van der Waals surface area contributed by atoms with Crippen LogP contribution in [0.3, 0.4) is 0 Å². The van der Waals surface area contributed by atoms with Crippen LogP contribution in [-0.2, 0) is 11.2 Å². The van der Waals surface area contributed by atoms with Crippen LogP contribution in [0.4, 0.5) is 0 Å². The van der Waals surface area contributed by atoms with Crippen molar-refractivity contribution in [3.63, 3.8) is 0 Å². The Morgan fingerprint density at radius 3 is 2.36 bits per heavy atom. The Hall–Kier alpha value is -1.83. The summed E-state index contributed by atoms with van der Waals surface area (Å²) in [6, 6.07) is 20.8. The van der Waals surface area contributed by atoms with E-state index in [0.29, 0.717) is 15.0 Å². The Labute approximate surface area is 138 Å². The van der Waals surface area contributed by atoms with Crippen molar-refractivity contribution in [1.82, 2.24) is 4.90 Å². The van der Waals surface area contributed by atoms with Crippen LogP contribution in [0.1, 0.15) is 5.56 Å². The predicted octanol–water partition coefficient (Wildman–Crippen LogP) is 2.45. The Morgan fingerprint density at radius 1 is 0.955 bits per heavy atom. The normalized spacial score (nSPS) is 14.3. The minimum atomic E-state index is 0.230. The fourth-order valence-electron chi connectivity index (χ4n) is 2.49. The Kier molecular flexibility index (Phi) is 5.10. The van der Waals surface area contributed by atoms with E-state index in [2.05, 4.69) is 42.5 Å². The molecule has 0 fully saturated rings. The van der Waals surface area contributed by atoms with Crippen molar-refractivity contribution in [2.45, 2.75) is 11.7 Å². The van der Waals surface area contributed by atoms with Crippen LogP contribution in [0, 0.1) is 0 Å². The summed E-state index contributed by atoms with van der Waals surface area (Å²) in [5, 5.41) is 0.900. The summed E-state index contributed by atoms with van der Waals surface area (Å²) in [7, 11) is 0. The van der Waals surface area contributed by atoms with Gasteiger partial charge in [-0.3, -0.25) is 0 Å². The zero-order chi connectivity index (χ0) is 15.2. The zero-order valence-corrected chi connectivity index (χ0v) is 14.2. The third-order valence-corrected chi connectivity index (χ3v) is 6.00. The van der Waals surface area contributed by atoms with Crippen molar-refractivity contribution in [1.29, 1.82) is 0 Å². The molecule has 2 nitrogen and oxygen atoms in total. The van der Waals surface area contributed by atoms with E-state index in [0.717, 1.165) is 30.4 Å². The molecular weight excluding hydrogens is 337 g/mol. The molecule has 1 heterocycles. The van der Waals surface area contributed by atoms with Crippen LogP contribution in [0.25, 0.3) is 0 Å². The number of amides is 1. The molecule has 1 amide bonds. The second-order valence-corrected chi connectivity index (χ2v) is 7.52. The maximum absolute atomic E-state index is 12.4. The van der Waals surface area contributed by atoms with Gasteiger partial charge >= 0.3 is 138 Å². The molecule has 0 spiro atoms. The van der Waals surface area contributed by atoms with Crippen LogP contribution in [0.15, 0.2) is 72.3 Å². The fourth-order valence-corrected chi connectivity index (χ4v) is 4.41. The molecule has 0 aromatic heterocycles. The first kappa shape index (κ1) is 15.1. The van der Waals surface area contributed by atoms with Crippen molar-refractivity contribution >= 4 is 25.3 Å². The molecule has 1 aliphatic rings. The van der Waals surface area contributed by atoms with Crippen LogP contribution in [-0.4, -0.2) is 38.9 Å². The quantitative estimate of drug-likeness (QED) is 0.728. The van der Waals surface area contributed by atoms with Gasteiger partial charge in [0.15, 0.2) is 0 Å². The van der Waals surface area contributed by atoms with Gasteiger partial charge in [0, 0.05) is 0 Å². The minimum absolute atomic E-state index is 0.230. The summed E-state index contributed by atoms with van der Waals surface area (Å²) in [4.78, 5) is 14.4. The van der Waals surface area contributed by atoms with Crippen LogP contribution in [0.5, 0.6) is 0 Å².